The second-order valence-electron chi connectivity index (χ2n) is 11.1. The van der Waals surface area contributed by atoms with Gasteiger partial charge in [-0.1, -0.05) is 36.2 Å². The fraction of sp³-hybridized carbons (Fsp3) is 0.750. The highest BCUT2D eigenvalue weighted by Crippen LogP contribution is 2.72. The standard InChI is InChI=1S/C24H28Cl3FO5/c1-20(2)32-17-9-12-13-8-15(25)14-7-11(29)5-6-21(14,3)23(13,28)16(30)10-22(12,4)24(17,33-20)18(31)19(26)27/h5-7,12-13,15-17,19,30H,8-10H2,1-4H3/t12-,13-,15-,16-,17+,21-,22-,23-,24-/m0/s1. The normalized spacial score (nSPS) is 52.1. The van der Waals surface area contributed by atoms with Crippen molar-refractivity contribution >= 4 is 46.4 Å². The summed E-state index contributed by atoms with van der Waals surface area (Å²) in [6, 6.07) is 0. The van der Waals surface area contributed by atoms with Crippen LogP contribution in [0.15, 0.2) is 23.8 Å². The van der Waals surface area contributed by atoms with Gasteiger partial charge in [-0.15, -0.1) is 11.6 Å². The fourth-order valence-corrected chi connectivity index (χ4v) is 8.71. The van der Waals surface area contributed by atoms with Gasteiger partial charge >= 0.3 is 0 Å². The molecule has 4 aliphatic carbocycles. The molecule has 0 aromatic carbocycles. The second-order valence-corrected chi connectivity index (χ2v) is 12.7. The Morgan fingerprint density at radius 3 is 2.52 bits per heavy atom. The van der Waals surface area contributed by atoms with E-state index in [0.29, 0.717) is 12.0 Å². The summed E-state index contributed by atoms with van der Waals surface area (Å²) >= 11 is 18.9. The number of aliphatic hydroxyl groups is 1. The van der Waals surface area contributed by atoms with E-state index < -0.39 is 67.9 Å². The molecule has 9 atom stereocenters. The number of halogens is 4. The van der Waals surface area contributed by atoms with Gasteiger partial charge in [0.2, 0.25) is 5.78 Å². The van der Waals surface area contributed by atoms with Crippen LogP contribution in [0, 0.1) is 22.7 Å². The molecule has 33 heavy (non-hydrogen) atoms. The number of hydrogen-bond acceptors (Lipinski definition) is 5. The van der Waals surface area contributed by atoms with Crippen LogP contribution < -0.4 is 0 Å². The van der Waals surface area contributed by atoms with Crippen molar-refractivity contribution < 1.29 is 28.6 Å². The highest BCUT2D eigenvalue weighted by molar-refractivity contribution is 6.54. The summed E-state index contributed by atoms with van der Waals surface area (Å²) in [6.07, 6.45) is 2.64. The maximum Gasteiger partial charge on any atom is 0.200 e. The van der Waals surface area contributed by atoms with Gasteiger partial charge in [-0.3, -0.25) is 9.59 Å². The number of aliphatic hydroxyl groups excluding tert-OH is 1. The minimum atomic E-state index is -2.09. The number of carbonyl (C=O) groups is 2. The molecule has 1 heterocycles. The van der Waals surface area contributed by atoms with Crippen LogP contribution in [0.5, 0.6) is 0 Å². The van der Waals surface area contributed by atoms with Crippen molar-refractivity contribution in [1.82, 2.24) is 0 Å². The number of ether oxygens (including phenoxy) is 2. The van der Waals surface area contributed by atoms with E-state index in [9.17, 15) is 14.7 Å². The van der Waals surface area contributed by atoms with Gasteiger partial charge in [-0.25, -0.2) is 4.39 Å². The van der Waals surface area contributed by atoms with Crippen LogP contribution in [0.4, 0.5) is 4.39 Å². The monoisotopic (exact) mass is 520 g/mol. The lowest BCUT2D eigenvalue weighted by Crippen LogP contribution is -2.71. The molecule has 182 valence electrons. The molecule has 0 spiro atoms. The lowest BCUT2D eigenvalue weighted by Gasteiger charge is -2.63. The summed E-state index contributed by atoms with van der Waals surface area (Å²) < 4.78 is 29.8. The SMILES string of the molecule is CC1(C)O[C@@H]2C[C@H]3[C@@H]4C[C@H](Cl)C5=CC(=O)C=C[C@]5(C)[C@@]4(F)[C@@H](O)C[C@]3(C)[C@]2(C(=O)C(Cl)Cl)O1. The molecular weight excluding hydrogens is 494 g/mol. The van der Waals surface area contributed by atoms with Crippen LogP contribution in [0.3, 0.4) is 0 Å². The van der Waals surface area contributed by atoms with Crippen molar-refractivity contribution in [3.63, 3.8) is 0 Å². The van der Waals surface area contributed by atoms with Crippen LogP contribution in [0.1, 0.15) is 47.0 Å². The number of Topliss-reactive ketones (excluding diaryl/α,β-unsaturated/α-hetero) is 1. The Hall–Kier alpha value is -0.500. The summed E-state index contributed by atoms with van der Waals surface area (Å²) in [4.78, 5) is 24.2. The minimum absolute atomic E-state index is 0.0511. The van der Waals surface area contributed by atoms with E-state index in [0.717, 1.165) is 0 Å². The van der Waals surface area contributed by atoms with Crippen molar-refractivity contribution in [2.24, 2.45) is 22.7 Å². The van der Waals surface area contributed by atoms with Gasteiger partial charge in [0, 0.05) is 16.7 Å². The van der Waals surface area contributed by atoms with Gasteiger partial charge in [0.25, 0.3) is 0 Å². The van der Waals surface area contributed by atoms with E-state index in [1.54, 1.807) is 26.8 Å². The van der Waals surface area contributed by atoms with Crippen LogP contribution in [0.25, 0.3) is 0 Å². The lowest BCUT2D eigenvalue weighted by molar-refractivity contribution is -0.245. The quantitative estimate of drug-likeness (QED) is 0.544. The molecule has 0 radical (unpaired) electrons. The molecule has 1 aliphatic heterocycles. The third-order valence-corrected chi connectivity index (χ3v) is 10.00. The second kappa shape index (κ2) is 7.04. The van der Waals surface area contributed by atoms with E-state index in [1.165, 1.54) is 12.2 Å². The summed E-state index contributed by atoms with van der Waals surface area (Å²) in [6.45, 7) is 6.96. The van der Waals surface area contributed by atoms with E-state index >= 15 is 4.39 Å². The number of carbonyl (C=O) groups excluding carboxylic acids is 2. The Labute approximate surface area is 207 Å². The zero-order valence-electron chi connectivity index (χ0n) is 18.9. The molecule has 0 bridgehead atoms. The smallest absolute Gasteiger partial charge is 0.200 e. The van der Waals surface area contributed by atoms with E-state index in [1.807, 2.05) is 6.92 Å². The van der Waals surface area contributed by atoms with Crippen LogP contribution in [0.2, 0.25) is 0 Å². The summed E-state index contributed by atoms with van der Waals surface area (Å²) in [5.74, 6) is -2.94. The van der Waals surface area contributed by atoms with E-state index in [-0.39, 0.29) is 18.6 Å². The lowest BCUT2D eigenvalue weighted by atomic mass is 9.44. The highest BCUT2D eigenvalue weighted by Gasteiger charge is 2.80. The molecule has 0 amide bonds. The Morgan fingerprint density at radius 1 is 1.21 bits per heavy atom. The number of alkyl halides is 4. The van der Waals surface area contributed by atoms with Crippen LogP contribution >= 0.6 is 34.8 Å². The van der Waals surface area contributed by atoms with Crippen molar-refractivity contribution in [3.8, 4) is 0 Å². The van der Waals surface area contributed by atoms with Crippen molar-refractivity contribution in [2.45, 2.75) is 86.4 Å². The zero-order valence-corrected chi connectivity index (χ0v) is 21.2. The predicted octanol–water partition coefficient (Wildman–Crippen LogP) is 4.45. The first-order valence-corrected chi connectivity index (χ1v) is 12.6. The van der Waals surface area contributed by atoms with Gasteiger partial charge in [-0.05, 0) is 63.7 Å². The first-order valence-electron chi connectivity index (χ1n) is 11.3. The maximum absolute atomic E-state index is 17.3. The molecule has 1 saturated heterocycles. The molecule has 0 unspecified atom stereocenters. The van der Waals surface area contributed by atoms with Gasteiger partial charge in [0.15, 0.2) is 27.7 Å². The third-order valence-electron chi connectivity index (χ3n) is 9.19. The number of rotatable bonds is 2. The first kappa shape index (κ1) is 24.2. The molecule has 5 aliphatic rings. The molecule has 9 heteroatoms. The highest BCUT2D eigenvalue weighted by atomic mass is 35.5. The molecule has 3 saturated carbocycles. The van der Waals surface area contributed by atoms with Gasteiger partial charge in [-0.2, -0.15) is 0 Å². The van der Waals surface area contributed by atoms with E-state index in [2.05, 4.69) is 0 Å². The van der Waals surface area contributed by atoms with Crippen LogP contribution in [-0.2, 0) is 19.1 Å². The van der Waals surface area contributed by atoms with Gasteiger partial charge < -0.3 is 14.6 Å². The summed E-state index contributed by atoms with van der Waals surface area (Å²) in [5.41, 5.74) is -5.38. The number of fused-ring (bicyclic) bond motifs is 7. The predicted molar refractivity (Wildman–Crippen MR) is 122 cm³/mol. The summed E-state index contributed by atoms with van der Waals surface area (Å²) in [5, 5.41) is 10.9. The molecule has 1 N–H and O–H groups in total. The Kier molecular flexibility index (Phi) is 5.17. The average molecular weight is 522 g/mol. The largest absolute Gasteiger partial charge is 0.390 e. The van der Waals surface area contributed by atoms with Crippen molar-refractivity contribution in [3.05, 3.63) is 23.8 Å². The molecule has 0 aromatic rings. The first-order chi connectivity index (χ1) is 15.1. The molecule has 5 rings (SSSR count). The molecule has 4 fully saturated rings. The topological polar surface area (TPSA) is 72.8 Å². The molecule has 5 nitrogen and oxygen atoms in total. The Bertz CT molecular complexity index is 997. The number of allylic oxidation sites excluding steroid dienone is 4. The third kappa shape index (κ3) is 2.77. The zero-order chi connectivity index (χ0) is 24.4. The number of hydrogen-bond donors (Lipinski definition) is 1. The van der Waals surface area contributed by atoms with Crippen LogP contribution in [-0.4, -0.2) is 56.2 Å². The van der Waals surface area contributed by atoms with E-state index in [4.69, 9.17) is 44.3 Å². The Morgan fingerprint density at radius 2 is 1.88 bits per heavy atom. The number of ketones is 2. The average Bonchev–Trinajstić information content (AvgIpc) is 3.11. The summed E-state index contributed by atoms with van der Waals surface area (Å²) in [7, 11) is 0. The van der Waals surface area contributed by atoms with Gasteiger partial charge in [0.1, 0.15) is 0 Å². The maximum atomic E-state index is 17.3. The Balaban J connectivity index is 1.67. The van der Waals surface area contributed by atoms with Crippen molar-refractivity contribution in [1.29, 1.82) is 0 Å². The fourth-order valence-electron chi connectivity index (χ4n) is 7.90. The minimum Gasteiger partial charge on any atom is -0.390 e. The van der Waals surface area contributed by atoms with Gasteiger partial charge in [0.05, 0.1) is 17.6 Å². The molecule has 0 aromatic heterocycles. The van der Waals surface area contributed by atoms with Crippen molar-refractivity contribution in [2.75, 3.05) is 0 Å². The molecular formula is C24H28Cl3FO5.